The summed E-state index contributed by atoms with van der Waals surface area (Å²) in [4.78, 5) is 71.3. The second-order valence-electron chi connectivity index (χ2n) is 25.8. The van der Waals surface area contributed by atoms with Crippen LogP contribution in [-0.2, 0) is 100 Å². The number of benzene rings is 3. The van der Waals surface area contributed by atoms with Gasteiger partial charge in [0.15, 0.2) is 0 Å². The van der Waals surface area contributed by atoms with Crippen LogP contribution in [0.3, 0.4) is 0 Å². The zero-order valence-corrected chi connectivity index (χ0v) is 61.2. The fourth-order valence-electron chi connectivity index (χ4n) is 11.6. The standard InChI is InChI=1S/C81H117O16P/c1-13-73(82)89-55-37-25-19-31-43-64-49-52-67(61(7)8)79(70(64)46-34-22-28-40-58-92-76(85)16-4)95-98(88,96-80-68(62(9)10)53-50-65(44-32-20-26-38-56-90-74(83)14-2)71(80)47-35-23-29-41-59-93-77(86)17-5)97-81-69(63(11)12)54-51-66(45-33-21-27-39-57-91-75(84)15-3)72(81)48-36-24-30-42-60-94-78(87)18-6/h13-18,49-54,61-63H,1-6,19-48,55-60H2,7-12H3. The van der Waals surface area contributed by atoms with Crippen LogP contribution >= 0.6 is 7.82 Å². The summed E-state index contributed by atoms with van der Waals surface area (Å²) in [5, 5.41) is 0. The van der Waals surface area contributed by atoms with Crippen LogP contribution in [0.2, 0.25) is 0 Å². The van der Waals surface area contributed by atoms with E-state index in [1.807, 2.05) is 0 Å². The van der Waals surface area contributed by atoms with E-state index in [9.17, 15) is 28.8 Å². The third kappa shape index (κ3) is 33.4. The predicted octanol–water partition coefficient (Wildman–Crippen LogP) is 19.7. The summed E-state index contributed by atoms with van der Waals surface area (Å²) in [6, 6.07) is 12.8. The lowest BCUT2D eigenvalue weighted by molar-refractivity contribution is -0.138. The second-order valence-corrected chi connectivity index (χ2v) is 27.2. The molecule has 3 aromatic rings. The molecule has 0 unspecified atom stereocenters. The third-order valence-electron chi connectivity index (χ3n) is 17.1. The molecular weight excluding hydrogens is 1260 g/mol. The fourth-order valence-corrected chi connectivity index (χ4v) is 13.1. The minimum Gasteiger partial charge on any atom is -0.463 e. The van der Waals surface area contributed by atoms with Crippen molar-refractivity contribution in [3.8, 4) is 17.2 Å². The molecule has 542 valence electrons. The molecule has 16 nitrogen and oxygen atoms in total. The van der Waals surface area contributed by atoms with E-state index in [1.165, 1.54) is 36.5 Å². The Morgan fingerprint density at radius 3 is 0.663 bits per heavy atom. The van der Waals surface area contributed by atoms with E-state index in [0.29, 0.717) is 114 Å². The Hall–Kier alpha value is -7.45. The van der Waals surface area contributed by atoms with Crippen LogP contribution in [0.1, 0.15) is 263 Å². The van der Waals surface area contributed by atoms with Crippen molar-refractivity contribution in [2.45, 2.75) is 252 Å². The van der Waals surface area contributed by atoms with Gasteiger partial charge in [0.05, 0.1) is 39.6 Å². The van der Waals surface area contributed by atoms with E-state index in [0.717, 1.165) is 166 Å². The van der Waals surface area contributed by atoms with E-state index >= 15 is 4.57 Å². The molecule has 0 aliphatic carbocycles. The van der Waals surface area contributed by atoms with Crippen molar-refractivity contribution >= 4 is 43.6 Å². The van der Waals surface area contributed by atoms with E-state index in [4.69, 9.17) is 42.0 Å². The van der Waals surface area contributed by atoms with E-state index in [1.54, 1.807) is 0 Å². The highest BCUT2D eigenvalue weighted by Gasteiger charge is 2.40. The Balaban J connectivity index is 2.45. The lowest BCUT2D eigenvalue weighted by Crippen LogP contribution is -2.16. The van der Waals surface area contributed by atoms with Crippen LogP contribution in [0.15, 0.2) is 112 Å². The highest BCUT2D eigenvalue weighted by atomic mass is 31.2. The molecule has 0 saturated carbocycles. The van der Waals surface area contributed by atoms with Crippen LogP contribution in [0.4, 0.5) is 0 Å². The number of ether oxygens (including phenoxy) is 6. The molecule has 17 heteroatoms. The Morgan fingerprint density at radius 1 is 0.296 bits per heavy atom. The molecule has 0 fully saturated rings. The van der Waals surface area contributed by atoms with Crippen molar-refractivity contribution in [3.05, 3.63) is 162 Å². The van der Waals surface area contributed by atoms with E-state index < -0.39 is 43.6 Å². The first-order valence-corrected chi connectivity index (χ1v) is 37.6. The maximum absolute atomic E-state index is 17.6. The van der Waals surface area contributed by atoms with Gasteiger partial charge in [0.2, 0.25) is 0 Å². The number of unbranched alkanes of at least 4 members (excludes halogenated alkanes) is 18. The molecule has 98 heavy (non-hydrogen) atoms. The number of hydrogen-bond acceptors (Lipinski definition) is 16. The first-order valence-electron chi connectivity index (χ1n) is 36.1. The largest absolute Gasteiger partial charge is 0.647 e. The summed E-state index contributed by atoms with van der Waals surface area (Å²) >= 11 is 0. The average molecular weight is 1380 g/mol. The van der Waals surface area contributed by atoms with Crippen LogP contribution in [0.5, 0.6) is 17.2 Å². The molecule has 0 aliphatic heterocycles. The number of carbonyl (C=O) groups is 6. The van der Waals surface area contributed by atoms with Crippen molar-refractivity contribution in [3.63, 3.8) is 0 Å². The summed E-state index contributed by atoms with van der Waals surface area (Å²) < 4.78 is 71.9. The van der Waals surface area contributed by atoms with Gasteiger partial charge in [0.25, 0.3) is 0 Å². The second kappa shape index (κ2) is 50.0. The summed E-state index contributed by atoms with van der Waals surface area (Å²) in [5.74, 6) is -1.57. The smallest absolute Gasteiger partial charge is 0.463 e. The fraction of sp³-hybridized carbons (Fsp3) is 0.556. The van der Waals surface area contributed by atoms with E-state index in [2.05, 4.69) is 117 Å². The van der Waals surface area contributed by atoms with Gasteiger partial charge in [-0.15, -0.1) is 0 Å². The van der Waals surface area contributed by atoms with Gasteiger partial charge in [-0.25, -0.2) is 28.8 Å². The summed E-state index contributed by atoms with van der Waals surface area (Å²) in [6.45, 7) is 35.6. The lowest BCUT2D eigenvalue weighted by Gasteiger charge is -2.29. The van der Waals surface area contributed by atoms with Crippen molar-refractivity contribution in [1.82, 2.24) is 0 Å². The van der Waals surface area contributed by atoms with Crippen LogP contribution < -0.4 is 13.6 Å². The SMILES string of the molecule is C=CC(=O)OCCCCCCc1ccc(C(C)C)c(OP(=O)(Oc2c(C(C)C)ccc(CCCCCCOC(=O)C=C)c2CCCCCCOC(=O)C=C)Oc2c(C(C)C)ccc(CCCCCCOC(=O)C=C)c2CCCCCCOC(=O)C=C)c1CCCCCCOC(=O)C=C. The molecule has 0 atom stereocenters. The topological polar surface area (TPSA) is 203 Å². The molecular formula is C81H117O16P. The summed E-state index contributed by atoms with van der Waals surface area (Å²) in [6.07, 6.45) is 29.8. The van der Waals surface area contributed by atoms with Crippen molar-refractivity contribution in [2.24, 2.45) is 0 Å². The van der Waals surface area contributed by atoms with Gasteiger partial charge >= 0.3 is 43.6 Å². The minimum atomic E-state index is -4.91. The quantitative estimate of drug-likeness (QED) is 0.0170. The van der Waals surface area contributed by atoms with Gasteiger partial charge < -0.3 is 42.0 Å². The monoisotopic (exact) mass is 1380 g/mol. The normalized spacial score (nSPS) is 11.2. The number of phosphoric acid groups is 1. The van der Waals surface area contributed by atoms with Gasteiger partial charge in [0.1, 0.15) is 17.2 Å². The van der Waals surface area contributed by atoms with Gasteiger partial charge in [-0.3, -0.25) is 0 Å². The molecule has 3 aromatic carbocycles. The molecule has 3 rings (SSSR count). The number of phosphoric ester groups is 1. The van der Waals surface area contributed by atoms with Gasteiger partial charge in [-0.1, -0.05) is 194 Å². The molecule has 0 spiro atoms. The lowest BCUT2D eigenvalue weighted by atomic mass is 9.90. The maximum atomic E-state index is 17.6. The van der Waals surface area contributed by atoms with Crippen molar-refractivity contribution in [2.75, 3.05) is 39.6 Å². The zero-order valence-electron chi connectivity index (χ0n) is 60.3. The predicted molar refractivity (Wildman–Crippen MR) is 391 cm³/mol. The molecule has 0 radical (unpaired) electrons. The zero-order chi connectivity index (χ0) is 71.9. The van der Waals surface area contributed by atoms with Gasteiger partial charge in [-0.05, 0) is 183 Å². The van der Waals surface area contributed by atoms with E-state index in [-0.39, 0.29) is 37.6 Å². The maximum Gasteiger partial charge on any atom is 0.647 e. The number of rotatable bonds is 57. The Bertz CT molecular complexity index is 2730. The Kier molecular flexibility index (Phi) is 43.2. The highest BCUT2D eigenvalue weighted by molar-refractivity contribution is 7.49. The molecule has 0 aliphatic rings. The molecule has 0 aromatic heterocycles. The highest BCUT2D eigenvalue weighted by Crippen LogP contribution is 2.57. The summed E-state index contributed by atoms with van der Waals surface area (Å²) in [7, 11) is -4.91. The molecule has 0 amide bonds. The average Bonchev–Trinajstić information content (AvgIpc) is 0.770. The Labute approximate surface area is 587 Å². The number of carbonyl (C=O) groups excluding carboxylic acids is 6. The molecule has 0 heterocycles. The van der Waals surface area contributed by atoms with Gasteiger partial charge in [0, 0.05) is 36.5 Å². The van der Waals surface area contributed by atoms with Crippen LogP contribution in [-0.4, -0.2) is 75.5 Å². The van der Waals surface area contributed by atoms with Crippen LogP contribution in [0.25, 0.3) is 0 Å². The number of aryl methyl sites for hydroxylation is 3. The third-order valence-corrected chi connectivity index (χ3v) is 18.3. The Morgan fingerprint density at radius 2 is 0.480 bits per heavy atom. The number of esters is 6. The minimum absolute atomic E-state index is 0.0945. The first-order chi connectivity index (χ1) is 47.3. The van der Waals surface area contributed by atoms with Crippen molar-refractivity contribution < 1.29 is 75.3 Å². The van der Waals surface area contributed by atoms with Crippen LogP contribution in [0, 0.1) is 0 Å². The first kappa shape index (κ1) is 84.8. The molecule has 0 saturated heterocycles. The number of hydrogen-bond donors (Lipinski definition) is 0. The van der Waals surface area contributed by atoms with Gasteiger partial charge in [-0.2, -0.15) is 4.57 Å². The molecule has 0 bridgehead atoms. The molecule has 0 N–H and O–H groups in total. The summed E-state index contributed by atoms with van der Waals surface area (Å²) in [5.41, 5.74) is 8.50. The van der Waals surface area contributed by atoms with Crippen molar-refractivity contribution in [1.29, 1.82) is 0 Å².